The van der Waals surface area contributed by atoms with Gasteiger partial charge in [0.1, 0.15) is 5.82 Å². The van der Waals surface area contributed by atoms with Gasteiger partial charge in [-0.1, -0.05) is 51.1 Å². The molecule has 2 aromatic rings. The highest BCUT2D eigenvalue weighted by molar-refractivity contribution is 5.90. The predicted octanol–water partition coefficient (Wildman–Crippen LogP) is 4.47. The summed E-state index contributed by atoms with van der Waals surface area (Å²) in [6.45, 7) is 10.2. The number of amides is 2. The number of hydrogen-bond acceptors (Lipinski definition) is 2. The molecule has 0 unspecified atom stereocenters. The fourth-order valence-corrected chi connectivity index (χ4v) is 3.40. The van der Waals surface area contributed by atoms with Gasteiger partial charge in [0.15, 0.2) is 0 Å². The molecule has 1 fully saturated rings. The van der Waals surface area contributed by atoms with Gasteiger partial charge in [0.05, 0.1) is 0 Å². The summed E-state index contributed by atoms with van der Waals surface area (Å²) in [6, 6.07) is 14.6. The molecule has 144 valence electrons. The zero-order chi connectivity index (χ0) is 19.4. The van der Waals surface area contributed by atoms with Crippen LogP contribution in [-0.2, 0) is 12.0 Å². The van der Waals surface area contributed by atoms with E-state index in [1.807, 2.05) is 35.2 Å². The van der Waals surface area contributed by atoms with E-state index in [0.29, 0.717) is 13.1 Å². The van der Waals surface area contributed by atoms with E-state index in [0.717, 1.165) is 36.4 Å². The molecule has 1 heterocycles. The number of benzene rings is 2. The van der Waals surface area contributed by atoms with Crippen molar-refractivity contribution >= 4 is 11.7 Å². The summed E-state index contributed by atoms with van der Waals surface area (Å²) in [5.41, 5.74) is 3.07. The van der Waals surface area contributed by atoms with E-state index < -0.39 is 0 Å². The minimum absolute atomic E-state index is 0.0300. The lowest BCUT2D eigenvalue weighted by Gasteiger charge is -2.35. The van der Waals surface area contributed by atoms with Gasteiger partial charge in [-0.05, 0) is 34.7 Å². The minimum Gasteiger partial charge on any atom is -0.322 e. The molecule has 0 aliphatic carbocycles. The van der Waals surface area contributed by atoms with Crippen LogP contribution >= 0.6 is 0 Å². The SMILES string of the molecule is CC(C)(C)c1ccccc1NC(=O)N1CCN(Cc2ccc(F)cc2)CC1. The van der Waals surface area contributed by atoms with Crippen LogP contribution in [0.15, 0.2) is 48.5 Å². The number of nitrogens with zero attached hydrogens (tertiary/aromatic N) is 2. The van der Waals surface area contributed by atoms with Crippen molar-refractivity contribution in [2.75, 3.05) is 31.5 Å². The second-order valence-electron chi connectivity index (χ2n) is 8.12. The van der Waals surface area contributed by atoms with Gasteiger partial charge in [-0.25, -0.2) is 9.18 Å². The Labute approximate surface area is 161 Å². The first-order valence-electron chi connectivity index (χ1n) is 9.45. The van der Waals surface area contributed by atoms with Gasteiger partial charge in [-0.15, -0.1) is 0 Å². The number of carbonyl (C=O) groups excluding carboxylic acids is 1. The lowest BCUT2D eigenvalue weighted by atomic mass is 9.86. The average Bonchev–Trinajstić information content (AvgIpc) is 2.64. The molecule has 5 heteroatoms. The minimum atomic E-state index is -0.212. The summed E-state index contributed by atoms with van der Waals surface area (Å²) >= 11 is 0. The van der Waals surface area contributed by atoms with Crippen molar-refractivity contribution in [2.45, 2.75) is 32.7 Å². The van der Waals surface area contributed by atoms with Crippen LogP contribution in [0.5, 0.6) is 0 Å². The molecule has 2 amide bonds. The smallest absolute Gasteiger partial charge is 0.321 e. The third kappa shape index (κ3) is 5.07. The van der Waals surface area contributed by atoms with E-state index in [1.165, 1.54) is 12.1 Å². The number of urea groups is 1. The number of piperazine rings is 1. The van der Waals surface area contributed by atoms with Gasteiger partial charge in [-0.3, -0.25) is 4.90 Å². The standard InChI is InChI=1S/C22H28FN3O/c1-22(2,3)19-6-4-5-7-20(19)24-21(27)26-14-12-25(13-15-26)16-17-8-10-18(23)11-9-17/h4-11H,12-16H2,1-3H3,(H,24,27). The Bertz CT molecular complexity index is 775. The molecule has 27 heavy (non-hydrogen) atoms. The summed E-state index contributed by atoms with van der Waals surface area (Å²) in [5.74, 6) is -0.212. The second-order valence-corrected chi connectivity index (χ2v) is 8.12. The molecular formula is C22H28FN3O. The van der Waals surface area contributed by atoms with Crippen molar-refractivity contribution in [3.8, 4) is 0 Å². The predicted molar refractivity (Wildman–Crippen MR) is 107 cm³/mol. The van der Waals surface area contributed by atoms with Gasteiger partial charge >= 0.3 is 6.03 Å². The monoisotopic (exact) mass is 369 g/mol. The molecule has 0 atom stereocenters. The lowest BCUT2D eigenvalue weighted by molar-refractivity contribution is 0.143. The third-order valence-electron chi connectivity index (χ3n) is 4.96. The maximum Gasteiger partial charge on any atom is 0.321 e. The van der Waals surface area contributed by atoms with Crippen molar-refractivity contribution in [3.05, 3.63) is 65.5 Å². The summed E-state index contributed by atoms with van der Waals surface area (Å²) in [7, 11) is 0. The molecule has 2 aromatic carbocycles. The lowest BCUT2D eigenvalue weighted by Crippen LogP contribution is -2.49. The molecule has 3 rings (SSSR count). The number of hydrogen-bond donors (Lipinski definition) is 1. The summed E-state index contributed by atoms with van der Waals surface area (Å²) in [4.78, 5) is 16.9. The fourth-order valence-electron chi connectivity index (χ4n) is 3.40. The zero-order valence-corrected chi connectivity index (χ0v) is 16.3. The molecular weight excluding hydrogens is 341 g/mol. The molecule has 0 aromatic heterocycles. The molecule has 0 saturated carbocycles. The molecule has 1 N–H and O–H groups in total. The third-order valence-corrected chi connectivity index (χ3v) is 4.96. The fraction of sp³-hybridized carbons (Fsp3) is 0.409. The number of carbonyl (C=O) groups is 1. The average molecular weight is 369 g/mol. The number of nitrogens with one attached hydrogen (secondary N) is 1. The quantitative estimate of drug-likeness (QED) is 0.866. The van der Waals surface area contributed by atoms with E-state index in [-0.39, 0.29) is 17.3 Å². The number of para-hydroxylation sites is 1. The van der Waals surface area contributed by atoms with E-state index in [2.05, 4.69) is 37.1 Å². The molecule has 0 radical (unpaired) electrons. The van der Waals surface area contributed by atoms with Crippen molar-refractivity contribution in [2.24, 2.45) is 0 Å². The summed E-state index contributed by atoms with van der Waals surface area (Å²) in [6.07, 6.45) is 0. The summed E-state index contributed by atoms with van der Waals surface area (Å²) in [5, 5.41) is 3.08. The van der Waals surface area contributed by atoms with E-state index >= 15 is 0 Å². The molecule has 1 aliphatic rings. The van der Waals surface area contributed by atoms with Crippen LogP contribution in [0.4, 0.5) is 14.9 Å². The number of halogens is 1. The maximum atomic E-state index is 13.0. The topological polar surface area (TPSA) is 35.6 Å². The van der Waals surface area contributed by atoms with Crippen molar-refractivity contribution in [1.29, 1.82) is 0 Å². The molecule has 4 nitrogen and oxygen atoms in total. The second kappa shape index (κ2) is 8.09. The number of rotatable bonds is 3. The first-order chi connectivity index (χ1) is 12.8. The Balaban J connectivity index is 1.55. The van der Waals surface area contributed by atoms with Gasteiger partial charge in [-0.2, -0.15) is 0 Å². The van der Waals surface area contributed by atoms with E-state index in [4.69, 9.17) is 0 Å². The van der Waals surface area contributed by atoms with Crippen LogP contribution < -0.4 is 5.32 Å². The van der Waals surface area contributed by atoms with Crippen molar-refractivity contribution in [3.63, 3.8) is 0 Å². The highest BCUT2D eigenvalue weighted by atomic mass is 19.1. The molecule has 0 bridgehead atoms. The van der Waals surface area contributed by atoms with Crippen LogP contribution in [0.2, 0.25) is 0 Å². The molecule has 0 spiro atoms. The first kappa shape index (κ1) is 19.4. The van der Waals surface area contributed by atoms with Gasteiger partial charge in [0, 0.05) is 38.4 Å². The Hall–Kier alpha value is -2.40. The van der Waals surface area contributed by atoms with Crippen LogP contribution in [0, 0.1) is 5.82 Å². The summed E-state index contributed by atoms with van der Waals surface area (Å²) < 4.78 is 13.0. The van der Waals surface area contributed by atoms with Crippen LogP contribution in [0.25, 0.3) is 0 Å². The Kier molecular flexibility index (Phi) is 5.80. The Morgan fingerprint density at radius 2 is 1.63 bits per heavy atom. The first-order valence-corrected chi connectivity index (χ1v) is 9.45. The van der Waals surface area contributed by atoms with Crippen LogP contribution in [0.1, 0.15) is 31.9 Å². The Morgan fingerprint density at radius 3 is 2.26 bits per heavy atom. The molecule has 1 saturated heterocycles. The number of anilines is 1. The Morgan fingerprint density at radius 1 is 1.00 bits per heavy atom. The van der Waals surface area contributed by atoms with Gasteiger partial charge in [0.2, 0.25) is 0 Å². The van der Waals surface area contributed by atoms with E-state index in [1.54, 1.807) is 0 Å². The van der Waals surface area contributed by atoms with E-state index in [9.17, 15) is 9.18 Å². The van der Waals surface area contributed by atoms with Gasteiger partial charge < -0.3 is 10.2 Å². The highest BCUT2D eigenvalue weighted by Crippen LogP contribution is 2.29. The van der Waals surface area contributed by atoms with Crippen LogP contribution in [0.3, 0.4) is 0 Å². The maximum absolute atomic E-state index is 13.0. The van der Waals surface area contributed by atoms with Gasteiger partial charge in [0.25, 0.3) is 0 Å². The van der Waals surface area contributed by atoms with Crippen molar-refractivity contribution in [1.82, 2.24) is 9.80 Å². The largest absolute Gasteiger partial charge is 0.322 e. The highest BCUT2D eigenvalue weighted by Gasteiger charge is 2.23. The van der Waals surface area contributed by atoms with Crippen LogP contribution in [-0.4, -0.2) is 42.0 Å². The van der Waals surface area contributed by atoms with Crippen molar-refractivity contribution < 1.29 is 9.18 Å². The normalized spacial score (nSPS) is 15.6. The zero-order valence-electron chi connectivity index (χ0n) is 16.3. The molecule has 1 aliphatic heterocycles.